The lowest BCUT2D eigenvalue weighted by Gasteiger charge is -2.22. The summed E-state index contributed by atoms with van der Waals surface area (Å²) in [4.78, 5) is 4.69. The molecule has 2 aromatic rings. The molecule has 0 spiro atoms. The Morgan fingerprint density at radius 1 is 1.20 bits per heavy atom. The average Bonchev–Trinajstić information content (AvgIpc) is 3.04. The molecule has 1 saturated carbocycles. The van der Waals surface area contributed by atoms with Gasteiger partial charge in [-0.05, 0) is 31.9 Å². The van der Waals surface area contributed by atoms with Gasteiger partial charge in [0.2, 0.25) is 10.0 Å². The highest BCUT2D eigenvalue weighted by molar-refractivity contribution is 7.92. The van der Waals surface area contributed by atoms with Gasteiger partial charge in [-0.1, -0.05) is 31.4 Å². The van der Waals surface area contributed by atoms with Crippen LogP contribution in [0.15, 0.2) is 29.6 Å². The van der Waals surface area contributed by atoms with Crippen LogP contribution in [0.4, 0.5) is 10.8 Å². The molecule has 1 aliphatic rings. The van der Waals surface area contributed by atoms with Crippen molar-refractivity contribution < 1.29 is 8.42 Å². The second-order valence-electron chi connectivity index (χ2n) is 6.49. The summed E-state index contributed by atoms with van der Waals surface area (Å²) in [5.41, 5.74) is 2.61. The Hall–Kier alpha value is -1.60. The Kier molecular flexibility index (Phi) is 5.64. The summed E-state index contributed by atoms with van der Waals surface area (Å²) in [5.74, 6) is 0. The Bertz CT molecular complexity index is 794. The smallest absolute Gasteiger partial charge is 0.232 e. The van der Waals surface area contributed by atoms with Crippen LogP contribution >= 0.6 is 11.3 Å². The summed E-state index contributed by atoms with van der Waals surface area (Å²) >= 11 is 1.63. The fourth-order valence-corrected chi connectivity index (χ4v) is 5.07. The lowest BCUT2D eigenvalue weighted by Crippen LogP contribution is -2.29. The molecule has 5 nitrogen and oxygen atoms in total. The standard InChI is InChI=1S/C18H25N3O2S2/c1-3-21(25(2,22)23)16-11-9-14(10-12-16)17-13-24-18(20-17)19-15-7-5-4-6-8-15/h9-13,15H,3-8H2,1-2H3,(H,19,20). The highest BCUT2D eigenvalue weighted by Gasteiger charge is 2.16. The van der Waals surface area contributed by atoms with E-state index in [1.807, 2.05) is 36.6 Å². The van der Waals surface area contributed by atoms with E-state index in [1.54, 1.807) is 11.3 Å². The molecule has 1 aromatic heterocycles. The van der Waals surface area contributed by atoms with E-state index < -0.39 is 10.0 Å². The fraction of sp³-hybridized carbons (Fsp3) is 0.500. The van der Waals surface area contributed by atoms with Gasteiger partial charge in [-0.3, -0.25) is 4.31 Å². The molecule has 3 rings (SSSR count). The van der Waals surface area contributed by atoms with Gasteiger partial charge in [-0.2, -0.15) is 0 Å². The second-order valence-corrected chi connectivity index (χ2v) is 9.26. The van der Waals surface area contributed by atoms with Gasteiger partial charge in [0, 0.05) is 23.5 Å². The van der Waals surface area contributed by atoms with Crippen molar-refractivity contribution in [2.45, 2.75) is 45.1 Å². The molecule has 1 fully saturated rings. The van der Waals surface area contributed by atoms with E-state index in [0.717, 1.165) is 16.4 Å². The van der Waals surface area contributed by atoms with Crippen molar-refractivity contribution in [2.75, 3.05) is 22.4 Å². The van der Waals surface area contributed by atoms with Gasteiger partial charge in [0.1, 0.15) is 0 Å². The van der Waals surface area contributed by atoms with E-state index in [0.29, 0.717) is 18.3 Å². The number of anilines is 2. The number of aromatic nitrogens is 1. The number of rotatable bonds is 6. The molecule has 7 heteroatoms. The average molecular weight is 380 g/mol. The largest absolute Gasteiger partial charge is 0.359 e. The van der Waals surface area contributed by atoms with Gasteiger partial charge in [-0.15, -0.1) is 11.3 Å². The molecule has 0 saturated heterocycles. The van der Waals surface area contributed by atoms with Crippen LogP contribution in [0.3, 0.4) is 0 Å². The van der Waals surface area contributed by atoms with Crippen molar-refractivity contribution in [1.82, 2.24) is 4.98 Å². The molecule has 0 bridgehead atoms. The van der Waals surface area contributed by atoms with Crippen LogP contribution in [-0.4, -0.2) is 32.2 Å². The van der Waals surface area contributed by atoms with Crippen molar-refractivity contribution in [1.29, 1.82) is 0 Å². The van der Waals surface area contributed by atoms with E-state index in [2.05, 4.69) is 5.32 Å². The zero-order chi connectivity index (χ0) is 17.9. The molecule has 0 amide bonds. The molecular formula is C18H25N3O2S2. The van der Waals surface area contributed by atoms with Crippen molar-refractivity contribution in [2.24, 2.45) is 0 Å². The third-order valence-electron chi connectivity index (χ3n) is 4.58. The molecule has 1 aliphatic carbocycles. The van der Waals surface area contributed by atoms with Crippen LogP contribution in [0.1, 0.15) is 39.0 Å². The highest BCUT2D eigenvalue weighted by Crippen LogP contribution is 2.29. The summed E-state index contributed by atoms with van der Waals surface area (Å²) in [6.07, 6.45) is 7.62. The first-order chi connectivity index (χ1) is 12.0. The van der Waals surface area contributed by atoms with Gasteiger partial charge in [0.15, 0.2) is 5.13 Å². The zero-order valence-electron chi connectivity index (χ0n) is 14.7. The Balaban J connectivity index is 1.72. The maximum atomic E-state index is 11.8. The molecule has 136 valence electrons. The first kappa shape index (κ1) is 18.2. The zero-order valence-corrected chi connectivity index (χ0v) is 16.4. The number of nitrogens with one attached hydrogen (secondary N) is 1. The maximum absolute atomic E-state index is 11.8. The number of thiazole rings is 1. The van der Waals surface area contributed by atoms with Crippen LogP contribution in [0.25, 0.3) is 11.3 Å². The van der Waals surface area contributed by atoms with E-state index in [4.69, 9.17) is 4.98 Å². The lowest BCUT2D eigenvalue weighted by molar-refractivity contribution is 0.462. The number of nitrogens with zero attached hydrogens (tertiary/aromatic N) is 2. The molecule has 0 unspecified atom stereocenters. The molecule has 1 aromatic carbocycles. The molecule has 0 radical (unpaired) electrons. The summed E-state index contributed by atoms with van der Waals surface area (Å²) in [6.45, 7) is 2.25. The Morgan fingerprint density at radius 2 is 1.88 bits per heavy atom. The van der Waals surface area contributed by atoms with Crippen LogP contribution in [-0.2, 0) is 10.0 Å². The molecule has 0 atom stereocenters. The summed E-state index contributed by atoms with van der Waals surface area (Å²) in [6, 6.07) is 8.09. The van der Waals surface area contributed by atoms with E-state index in [9.17, 15) is 8.42 Å². The van der Waals surface area contributed by atoms with Crippen molar-refractivity contribution >= 4 is 32.2 Å². The predicted molar refractivity (Wildman–Crippen MR) is 106 cm³/mol. The topological polar surface area (TPSA) is 62.3 Å². The van der Waals surface area contributed by atoms with Crippen LogP contribution in [0.5, 0.6) is 0 Å². The van der Waals surface area contributed by atoms with Gasteiger partial charge >= 0.3 is 0 Å². The predicted octanol–water partition coefficient (Wildman–Crippen LogP) is 4.34. The quantitative estimate of drug-likeness (QED) is 0.811. The third kappa shape index (κ3) is 4.52. The summed E-state index contributed by atoms with van der Waals surface area (Å²) in [5, 5.41) is 6.57. The van der Waals surface area contributed by atoms with Crippen LogP contribution in [0.2, 0.25) is 0 Å². The Labute approximate surface area is 154 Å². The summed E-state index contributed by atoms with van der Waals surface area (Å²) < 4.78 is 25.0. The van der Waals surface area contributed by atoms with E-state index >= 15 is 0 Å². The van der Waals surface area contributed by atoms with Gasteiger partial charge in [-0.25, -0.2) is 13.4 Å². The lowest BCUT2D eigenvalue weighted by atomic mass is 9.96. The normalized spacial score (nSPS) is 15.9. The SMILES string of the molecule is CCN(c1ccc(-c2csc(NC3CCCCC3)n2)cc1)S(C)(=O)=O. The van der Waals surface area contributed by atoms with Crippen LogP contribution in [0, 0.1) is 0 Å². The molecular weight excluding hydrogens is 354 g/mol. The number of hydrogen-bond acceptors (Lipinski definition) is 5. The molecule has 1 heterocycles. The minimum atomic E-state index is -3.25. The van der Waals surface area contributed by atoms with E-state index in [1.165, 1.54) is 42.7 Å². The van der Waals surface area contributed by atoms with Crippen LogP contribution < -0.4 is 9.62 Å². The second kappa shape index (κ2) is 7.74. The third-order valence-corrected chi connectivity index (χ3v) is 6.62. The highest BCUT2D eigenvalue weighted by atomic mass is 32.2. The Morgan fingerprint density at radius 3 is 2.48 bits per heavy atom. The first-order valence-electron chi connectivity index (χ1n) is 8.77. The van der Waals surface area contributed by atoms with Crippen molar-refractivity contribution in [3.8, 4) is 11.3 Å². The molecule has 25 heavy (non-hydrogen) atoms. The van der Waals surface area contributed by atoms with Gasteiger partial charge in [0.05, 0.1) is 17.6 Å². The summed E-state index contributed by atoms with van der Waals surface area (Å²) in [7, 11) is -3.25. The van der Waals surface area contributed by atoms with E-state index in [-0.39, 0.29) is 0 Å². The first-order valence-corrected chi connectivity index (χ1v) is 11.5. The number of sulfonamides is 1. The van der Waals surface area contributed by atoms with Gasteiger partial charge < -0.3 is 5.32 Å². The molecule has 0 aliphatic heterocycles. The fourth-order valence-electron chi connectivity index (χ4n) is 3.30. The number of hydrogen-bond donors (Lipinski definition) is 1. The maximum Gasteiger partial charge on any atom is 0.232 e. The minimum Gasteiger partial charge on any atom is -0.359 e. The van der Waals surface area contributed by atoms with Gasteiger partial charge in [0.25, 0.3) is 0 Å². The van der Waals surface area contributed by atoms with Crippen molar-refractivity contribution in [3.05, 3.63) is 29.6 Å². The minimum absolute atomic E-state index is 0.421. The monoisotopic (exact) mass is 379 g/mol. The van der Waals surface area contributed by atoms with Crippen molar-refractivity contribution in [3.63, 3.8) is 0 Å². The number of benzene rings is 1. The molecule has 1 N–H and O–H groups in total.